The molecule has 1 fully saturated rings. The van der Waals surface area contributed by atoms with E-state index in [0.29, 0.717) is 35.7 Å². The lowest BCUT2D eigenvalue weighted by Gasteiger charge is -2.26. The van der Waals surface area contributed by atoms with Crippen molar-refractivity contribution < 1.29 is 14.3 Å². The normalized spacial score (nSPS) is 15.0. The van der Waals surface area contributed by atoms with Crippen LogP contribution in [-0.2, 0) is 9.53 Å². The van der Waals surface area contributed by atoms with E-state index in [9.17, 15) is 9.59 Å². The fraction of sp³-hybridized carbons (Fsp3) is 0.600. The summed E-state index contributed by atoms with van der Waals surface area (Å²) in [6.45, 7) is 2.02. The summed E-state index contributed by atoms with van der Waals surface area (Å²) in [5.74, 6) is 0.133. The SMILES string of the molecule is Nc1nnc(SCC(=O)NCCN2CCCOC2=O)s1. The molecule has 1 aromatic rings. The third kappa shape index (κ3) is 4.53. The first-order valence-corrected chi connectivity index (χ1v) is 7.85. The highest BCUT2D eigenvalue weighted by molar-refractivity contribution is 8.01. The fourth-order valence-corrected chi connectivity index (χ4v) is 3.05. The second-order valence-electron chi connectivity index (χ2n) is 4.00. The Bertz CT molecular complexity index is 481. The predicted octanol–water partition coefficient (Wildman–Crippen LogP) is 0.171. The number of rotatable bonds is 6. The number of ether oxygens (including phenoxy) is 1. The molecule has 0 spiro atoms. The van der Waals surface area contributed by atoms with Gasteiger partial charge in [-0.1, -0.05) is 23.1 Å². The van der Waals surface area contributed by atoms with Gasteiger partial charge in [-0.05, 0) is 6.42 Å². The van der Waals surface area contributed by atoms with Gasteiger partial charge < -0.3 is 20.7 Å². The van der Waals surface area contributed by atoms with Gasteiger partial charge in [0, 0.05) is 19.6 Å². The van der Waals surface area contributed by atoms with Crippen LogP contribution in [0.4, 0.5) is 9.93 Å². The zero-order valence-electron chi connectivity index (χ0n) is 10.7. The number of anilines is 1. The lowest BCUT2D eigenvalue weighted by atomic mass is 10.3. The van der Waals surface area contributed by atoms with Gasteiger partial charge >= 0.3 is 6.09 Å². The molecule has 0 atom stereocenters. The van der Waals surface area contributed by atoms with Crippen LogP contribution < -0.4 is 11.1 Å². The van der Waals surface area contributed by atoms with Crippen LogP contribution in [-0.4, -0.2) is 59.1 Å². The Balaban J connectivity index is 1.61. The number of cyclic esters (lactones) is 1. The molecule has 2 amide bonds. The molecule has 3 N–H and O–H groups in total. The molecule has 8 nitrogen and oxygen atoms in total. The molecule has 1 aliphatic heterocycles. The molecule has 0 radical (unpaired) electrons. The van der Waals surface area contributed by atoms with Gasteiger partial charge in [0.15, 0.2) is 4.34 Å². The number of nitrogens with zero attached hydrogens (tertiary/aromatic N) is 3. The Morgan fingerprint density at radius 1 is 1.55 bits per heavy atom. The van der Waals surface area contributed by atoms with Crippen molar-refractivity contribution >= 4 is 40.2 Å². The number of nitrogens with two attached hydrogens (primary N) is 1. The van der Waals surface area contributed by atoms with Crippen LogP contribution in [0.15, 0.2) is 4.34 Å². The summed E-state index contributed by atoms with van der Waals surface area (Å²) in [5.41, 5.74) is 5.44. The lowest BCUT2D eigenvalue weighted by Crippen LogP contribution is -2.42. The second kappa shape index (κ2) is 7.29. The fourth-order valence-electron chi connectivity index (χ4n) is 1.59. The van der Waals surface area contributed by atoms with Crippen LogP contribution >= 0.6 is 23.1 Å². The van der Waals surface area contributed by atoms with E-state index in [1.165, 1.54) is 23.1 Å². The second-order valence-corrected chi connectivity index (χ2v) is 6.23. The molecule has 1 saturated heterocycles. The van der Waals surface area contributed by atoms with Crippen LogP contribution in [0.2, 0.25) is 0 Å². The summed E-state index contributed by atoms with van der Waals surface area (Å²) in [4.78, 5) is 24.5. The van der Waals surface area contributed by atoms with Crippen molar-refractivity contribution in [2.45, 2.75) is 10.8 Å². The van der Waals surface area contributed by atoms with Gasteiger partial charge in [-0.15, -0.1) is 10.2 Å². The van der Waals surface area contributed by atoms with Crippen molar-refractivity contribution in [1.82, 2.24) is 20.4 Å². The van der Waals surface area contributed by atoms with Crippen LogP contribution in [0, 0.1) is 0 Å². The molecular formula is C10H15N5O3S2. The molecule has 0 aliphatic carbocycles. The minimum Gasteiger partial charge on any atom is -0.449 e. The van der Waals surface area contributed by atoms with Gasteiger partial charge in [0.05, 0.1) is 12.4 Å². The van der Waals surface area contributed by atoms with Gasteiger partial charge in [-0.3, -0.25) is 4.79 Å². The first-order chi connectivity index (χ1) is 9.65. The molecule has 1 aromatic heterocycles. The Kier molecular flexibility index (Phi) is 5.41. The van der Waals surface area contributed by atoms with E-state index in [2.05, 4.69) is 15.5 Å². The van der Waals surface area contributed by atoms with Gasteiger partial charge in [0.1, 0.15) is 0 Å². The average Bonchev–Trinajstić information content (AvgIpc) is 2.84. The van der Waals surface area contributed by atoms with Crippen LogP contribution in [0.5, 0.6) is 0 Å². The minimum absolute atomic E-state index is 0.117. The van der Waals surface area contributed by atoms with E-state index >= 15 is 0 Å². The van der Waals surface area contributed by atoms with Crippen molar-refractivity contribution in [3.05, 3.63) is 0 Å². The molecule has 110 valence electrons. The topological polar surface area (TPSA) is 110 Å². The average molecular weight is 317 g/mol. The number of nitrogens with one attached hydrogen (secondary N) is 1. The van der Waals surface area contributed by atoms with Crippen LogP contribution in [0.3, 0.4) is 0 Å². The molecule has 0 unspecified atom stereocenters. The molecular weight excluding hydrogens is 302 g/mol. The first kappa shape index (κ1) is 14.9. The molecule has 1 aliphatic rings. The summed E-state index contributed by atoms with van der Waals surface area (Å²) < 4.78 is 5.56. The Morgan fingerprint density at radius 3 is 3.10 bits per heavy atom. The van der Waals surface area contributed by atoms with Crippen molar-refractivity contribution in [1.29, 1.82) is 0 Å². The number of hydrogen-bond acceptors (Lipinski definition) is 8. The Morgan fingerprint density at radius 2 is 2.40 bits per heavy atom. The summed E-state index contributed by atoms with van der Waals surface area (Å²) in [5, 5.41) is 10.6. The zero-order chi connectivity index (χ0) is 14.4. The summed E-state index contributed by atoms with van der Waals surface area (Å²) >= 11 is 2.53. The summed E-state index contributed by atoms with van der Waals surface area (Å²) in [7, 11) is 0. The molecule has 10 heteroatoms. The van der Waals surface area contributed by atoms with Gasteiger partial charge in [-0.25, -0.2) is 4.79 Å². The minimum atomic E-state index is -0.316. The Hall–Kier alpha value is -1.55. The van der Waals surface area contributed by atoms with Gasteiger partial charge in [0.25, 0.3) is 0 Å². The molecule has 2 heterocycles. The quantitative estimate of drug-likeness (QED) is 0.720. The molecule has 2 rings (SSSR count). The molecule has 0 bridgehead atoms. The maximum atomic E-state index is 11.6. The van der Waals surface area contributed by atoms with E-state index in [4.69, 9.17) is 10.5 Å². The van der Waals surface area contributed by atoms with Gasteiger partial charge in [0.2, 0.25) is 11.0 Å². The number of nitrogen functional groups attached to an aromatic ring is 1. The van der Waals surface area contributed by atoms with Crippen LogP contribution in [0.25, 0.3) is 0 Å². The number of hydrogen-bond donors (Lipinski definition) is 2. The monoisotopic (exact) mass is 317 g/mol. The maximum Gasteiger partial charge on any atom is 0.409 e. The standard InChI is InChI=1S/C10H15N5O3S2/c11-8-13-14-9(20-8)19-6-7(16)12-2-4-15-3-1-5-18-10(15)17/h1-6H2,(H2,11,13)(H,12,16). The van der Waals surface area contributed by atoms with Crippen molar-refractivity contribution in [2.75, 3.05) is 37.7 Å². The lowest BCUT2D eigenvalue weighted by molar-refractivity contribution is -0.118. The van der Waals surface area contributed by atoms with Crippen molar-refractivity contribution in [2.24, 2.45) is 0 Å². The van der Waals surface area contributed by atoms with E-state index in [1.54, 1.807) is 4.90 Å². The van der Waals surface area contributed by atoms with Crippen molar-refractivity contribution in [3.8, 4) is 0 Å². The highest BCUT2D eigenvalue weighted by Gasteiger charge is 2.18. The van der Waals surface area contributed by atoms with Gasteiger partial charge in [-0.2, -0.15) is 0 Å². The van der Waals surface area contributed by atoms with E-state index in [-0.39, 0.29) is 17.8 Å². The number of amides is 2. The Labute approximate surface area is 124 Å². The number of aromatic nitrogens is 2. The highest BCUT2D eigenvalue weighted by atomic mass is 32.2. The smallest absolute Gasteiger partial charge is 0.409 e. The molecule has 0 aromatic carbocycles. The van der Waals surface area contributed by atoms with Crippen LogP contribution in [0.1, 0.15) is 6.42 Å². The first-order valence-electron chi connectivity index (χ1n) is 6.05. The van der Waals surface area contributed by atoms with Crippen molar-refractivity contribution in [3.63, 3.8) is 0 Å². The predicted molar refractivity (Wildman–Crippen MR) is 75.6 cm³/mol. The third-order valence-corrected chi connectivity index (χ3v) is 4.39. The number of thioether (sulfide) groups is 1. The van der Waals surface area contributed by atoms with E-state index in [0.717, 1.165) is 6.42 Å². The zero-order valence-corrected chi connectivity index (χ0v) is 12.3. The maximum absolute atomic E-state index is 11.6. The molecule has 0 saturated carbocycles. The third-order valence-electron chi connectivity index (χ3n) is 2.51. The summed E-state index contributed by atoms with van der Waals surface area (Å²) in [6, 6.07) is 0. The number of carbonyl (C=O) groups excluding carboxylic acids is 2. The van der Waals surface area contributed by atoms with E-state index < -0.39 is 0 Å². The number of carbonyl (C=O) groups is 2. The largest absolute Gasteiger partial charge is 0.449 e. The summed E-state index contributed by atoms with van der Waals surface area (Å²) in [6.07, 6.45) is 0.512. The highest BCUT2D eigenvalue weighted by Crippen LogP contribution is 2.22. The molecule has 20 heavy (non-hydrogen) atoms. The van der Waals surface area contributed by atoms with E-state index in [1.807, 2.05) is 0 Å².